The summed E-state index contributed by atoms with van der Waals surface area (Å²) in [5, 5.41) is 9.12. The van der Waals surface area contributed by atoms with Crippen LogP contribution in [0.4, 0.5) is 0 Å². The van der Waals surface area contributed by atoms with Crippen molar-refractivity contribution in [1.29, 1.82) is 0 Å². The molecule has 6 heteroatoms. The minimum absolute atomic E-state index is 0.00630. The van der Waals surface area contributed by atoms with E-state index in [1.54, 1.807) is 12.1 Å². The summed E-state index contributed by atoms with van der Waals surface area (Å²) in [6, 6.07) is 24.0. The Morgan fingerprint density at radius 2 is 1.35 bits per heavy atom. The molecule has 34 heavy (non-hydrogen) atoms. The fraction of sp³-hybridized carbons (Fsp3) is 0.286. The van der Waals surface area contributed by atoms with Gasteiger partial charge in [0, 0.05) is 31.1 Å². The normalized spacial score (nSPS) is 18.3. The van der Waals surface area contributed by atoms with Crippen LogP contribution in [0.25, 0.3) is 0 Å². The number of aliphatic carboxylic acids is 1. The molecule has 1 fully saturated rings. The summed E-state index contributed by atoms with van der Waals surface area (Å²) in [5.41, 5.74) is 2.18. The number of carboxylic acid groups (broad SMARTS) is 1. The van der Waals surface area contributed by atoms with Crippen LogP contribution in [0.3, 0.4) is 0 Å². The molecule has 0 spiro atoms. The van der Waals surface area contributed by atoms with E-state index in [-0.39, 0.29) is 18.0 Å². The molecule has 6 nitrogen and oxygen atoms in total. The van der Waals surface area contributed by atoms with Crippen LogP contribution in [0.2, 0.25) is 0 Å². The number of benzene rings is 3. The van der Waals surface area contributed by atoms with Gasteiger partial charge in [0.2, 0.25) is 0 Å². The quantitative estimate of drug-likeness (QED) is 0.432. The number of hydrogen-bond acceptors (Lipinski definition) is 5. The fourth-order valence-corrected chi connectivity index (χ4v) is 4.13. The van der Waals surface area contributed by atoms with Crippen molar-refractivity contribution in [2.24, 2.45) is 0 Å². The Labute approximate surface area is 199 Å². The number of hydrogen-bond donors (Lipinski definition) is 1. The third-order valence-electron chi connectivity index (χ3n) is 6.00. The maximum atomic E-state index is 12.5. The number of ether oxygens (including phenoxy) is 3. The predicted octanol–water partition coefficient (Wildman–Crippen LogP) is 4.94. The Morgan fingerprint density at radius 1 is 0.824 bits per heavy atom. The Balaban J connectivity index is 1.27. The molecule has 3 aromatic rings. The third kappa shape index (κ3) is 6.02. The van der Waals surface area contributed by atoms with Gasteiger partial charge >= 0.3 is 5.97 Å². The molecule has 1 N–H and O–H groups in total. The lowest BCUT2D eigenvalue weighted by atomic mass is 10.0. The average Bonchev–Trinajstić information content (AvgIpc) is 3.30. The molecule has 0 bridgehead atoms. The zero-order valence-electron chi connectivity index (χ0n) is 19.1. The van der Waals surface area contributed by atoms with Gasteiger partial charge in [-0.05, 0) is 54.8 Å². The van der Waals surface area contributed by atoms with Gasteiger partial charge < -0.3 is 19.3 Å². The Morgan fingerprint density at radius 3 is 1.88 bits per heavy atom. The highest BCUT2D eigenvalue weighted by Crippen LogP contribution is 2.29. The van der Waals surface area contributed by atoms with E-state index in [4.69, 9.17) is 19.3 Å². The van der Waals surface area contributed by atoms with Crippen LogP contribution in [-0.4, -0.2) is 42.3 Å². The standard InChI is InChI=1S/C28H28O6/c1-32-26(28(30)31)17-19-7-11-22(12-8-19)33-24-15-16-25(18-24)34-23-13-9-21(10-14-23)27(29)20-5-3-2-4-6-20/h2-14,24-26H,15-18H2,1H3,(H,30,31)/t24-,25-,26-/m0/s1. The van der Waals surface area contributed by atoms with Gasteiger partial charge in [-0.1, -0.05) is 42.5 Å². The molecule has 1 aliphatic rings. The first-order valence-electron chi connectivity index (χ1n) is 11.4. The predicted molar refractivity (Wildman–Crippen MR) is 128 cm³/mol. The summed E-state index contributed by atoms with van der Waals surface area (Å²) in [6.45, 7) is 0. The Hall–Kier alpha value is -3.64. The van der Waals surface area contributed by atoms with Crippen molar-refractivity contribution in [2.45, 2.75) is 44.0 Å². The number of carboxylic acids is 1. The fourth-order valence-electron chi connectivity index (χ4n) is 4.13. The Bertz CT molecular complexity index is 1090. The van der Waals surface area contributed by atoms with Crippen LogP contribution in [-0.2, 0) is 16.0 Å². The lowest BCUT2D eigenvalue weighted by Crippen LogP contribution is -2.24. The van der Waals surface area contributed by atoms with Crippen LogP contribution in [0.15, 0.2) is 78.9 Å². The van der Waals surface area contributed by atoms with E-state index in [1.165, 1.54) is 7.11 Å². The van der Waals surface area contributed by atoms with Gasteiger partial charge in [-0.15, -0.1) is 0 Å². The third-order valence-corrected chi connectivity index (χ3v) is 6.00. The number of rotatable bonds is 10. The lowest BCUT2D eigenvalue weighted by molar-refractivity contribution is -0.148. The molecule has 3 aromatic carbocycles. The minimum Gasteiger partial charge on any atom is -0.490 e. The summed E-state index contributed by atoms with van der Waals surface area (Å²) in [4.78, 5) is 23.7. The van der Waals surface area contributed by atoms with Gasteiger partial charge in [0.25, 0.3) is 0 Å². The van der Waals surface area contributed by atoms with Gasteiger partial charge in [0.1, 0.15) is 23.7 Å². The van der Waals surface area contributed by atoms with Crippen LogP contribution >= 0.6 is 0 Å². The number of methoxy groups -OCH3 is 1. The molecule has 0 heterocycles. The molecule has 3 atom stereocenters. The van der Waals surface area contributed by atoms with Crippen LogP contribution < -0.4 is 9.47 Å². The van der Waals surface area contributed by atoms with Crippen LogP contribution in [0.5, 0.6) is 11.5 Å². The van der Waals surface area contributed by atoms with E-state index in [9.17, 15) is 9.59 Å². The van der Waals surface area contributed by atoms with Crippen molar-refractivity contribution in [3.8, 4) is 11.5 Å². The zero-order chi connectivity index (χ0) is 23.9. The zero-order valence-corrected chi connectivity index (χ0v) is 19.1. The SMILES string of the molecule is CO[C@@H](Cc1ccc(O[C@H]2CC[C@H](Oc3ccc(C(=O)c4ccccc4)cc3)C2)cc1)C(=O)O. The highest BCUT2D eigenvalue weighted by molar-refractivity contribution is 6.08. The van der Waals surface area contributed by atoms with E-state index < -0.39 is 12.1 Å². The number of carbonyl (C=O) groups excluding carboxylic acids is 1. The van der Waals surface area contributed by atoms with Crippen molar-refractivity contribution in [1.82, 2.24) is 0 Å². The first kappa shape index (κ1) is 23.5. The molecule has 1 saturated carbocycles. The summed E-state index contributed by atoms with van der Waals surface area (Å²) in [5.74, 6) is 0.513. The molecule has 0 aromatic heterocycles. The maximum absolute atomic E-state index is 12.5. The molecule has 0 saturated heterocycles. The summed E-state index contributed by atoms with van der Waals surface area (Å²) in [6.07, 6.45) is 2.12. The van der Waals surface area contributed by atoms with Gasteiger partial charge in [-0.25, -0.2) is 4.79 Å². The molecule has 4 rings (SSSR count). The first-order valence-corrected chi connectivity index (χ1v) is 11.4. The van der Waals surface area contributed by atoms with E-state index in [1.807, 2.05) is 66.7 Å². The average molecular weight is 461 g/mol. The summed E-state index contributed by atoms with van der Waals surface area (Å²) in [7, 11) is 1.40. The molecule has 0 unspecified atom stereocenters. The second-order valence-electron chi connectivity index (χ2n) is 8.42. The second-order valence-corrected chi connectivity index (χ2v) is 8.42. The second kappa shape index (κ2) is 11.0. The minimum atomic E-state index is -0.975. The van der Waals surface area contributed by atoms with E-state index >= 15 is 0 Å². The highest BCUT2D eigenvalue weighted by Gasteiger charge is 2.28. The van der Waals surface area contributed by atoms with Crippen molar-refractivity contribution < 1.29 is 28.9 Å². The molecule has 1 aliphatic carbocycles. The molecular formula is C28H28O6. The largest absolute Gasteiger partial charge is 0.490 e. The van der Waals surface area contributed by atoms with Gasteiger partial charge in [-0.2, -0.15) is 0 Å². The smallest absolute Gasteiger partial charge is 0.333 e. The highest BCUT2D eigenvalue weighted by atomic mass is 16.5. The Kier molecular flexibility index (Phi) is 7.60. The van der Waals surface area contributed by atoms with Crippen molar-refractivity contribution >= 4 is 11.8 Å². The van der Waals surface area contributed by atoms with Crippen LogP contribution in [0, 0.1) is 0 Å². The monoisotopic (exact) mass is 460 g/mol. The molecule has 0 radical (unpaired) electrons. The number of carbonyl (C=O) groups is 2. The van der Waals surface area contributed by atoms with Crippen molar-refractivity contribution in [2.75, 3.05) is 7.11 Å². The summed E-state index contributed by atoms with van der Waals surface area (Å²) >= 11 is 0. The maximum Gasteiger partial charge on any atom is 0.333 e. The van der Waals surface area contributed by atoms with E-state index in [2.05, 4.69) is 0 Å². The first-order chi connectivity index (χ1) is 16.5. The van der Waals surface area contributed by atoms with Crippen molar-refractivity contribution in [3.63, 3.8) is 0 Å². The van der Waals surface area contributed by atoms with Crippen molar-refractivity contribution in [3.05, 3.63) is 95.6 Å². The molecule has 0 aliphatic heterocycles. The van der Waals surface area contributed by atoms with E-state index in [0.717, 1.165) is 36.3 Å². The molecule has 0 amide bonds. The van der Waals surface area contributed by atoms with Gasteiger partial charge in [-0.3, -0.25) is 4.79 Å². The van der Waals surface area contributed by atoms with Gasteiger partial charge in [0.15, 0.2) is 11.9 Å². The van der Waals surface area contributed by atoms with Gasteiger partial charge in [0.05, 0.1) is 0 Å². The van der Waals surface area contributed by atoms with E-state index in [0.29, 0.717) is 17.5 Å². The number of ketones is 1. The lowest BCUT2D eigenvalue weighted by Gasteiger charge is -2.16. The topological polar surface area (TPSA) is 82.1 Å². The summed E-state index contributed by atoms with van der Waals surface area (Å²) < 4.78 is 17.2. The molecular weight excluding hydrogens is 432 g/mol. The molecule has 176 valence electrons. The van der Waals surface area contributed by atoms with Crippen LogP contribution in [0.1, 0.15) is 40.7 Å².